The second-order valence-corrected chi connectivity index (χ2v) is 4.27. The molecule has 0 aliphatic rings. The molecule has 2 aromatic rings. The molecule has 2 aromatic carbocycles. The van der Waals surface area contributed by atoms with Crippen LogP contribution in [0.15, 0.2) is 36.4 Å². The van der Waals surface area contributed by atoms with E-state index < -0.39 is 11.7 Å². The second-order valence-electron chi connectivity index (χ2n) is 4.27. The number of methoxy groups -OCH3 is 1. The highest BCUT2D eigenvalue weighted by atomic mass is 19.1. The lowest BCUT2D eigenvalue weighted by Gasteiger charge is -2.11. The summed E-state index contributed by atoms with van der Waals surface area (Å²) in [6, 6.07) is 8.77. The van der Waals surface area contributed by atoms with E-state index in [-0.39, 0.29) is 17.0 Å². The molecule has 0 aromatic heterocycles. The summed E-state index contributed by atoms with van der Waals surface area (Å²) in [5, 5.41) is 12.2. The highest BCUT2D eigenvalue weighted by molar-refractivity contribution is 6.06. The third kappa shape index (κ3) is 2.71. The fourth-order valence-electron chi connectivity index (χ4n) is 1.80. The van der Waals surface area contributed by atoms with E-state index in [4.69, 9.17) is 4.74 Å². The van der Waals surface area contributed by atoms with Crippen molar-refractivity contribution in [2.45, 2.75) is 6.92 Å². The summed E-state index contributed by atoms with van der Waals surface area (Å²) < 4.78 is 18.7. The molecule has 1 amide bonds. The van der Waals surface area contributed by atoms with E-state index in [0.717, 1.165) is 0 Å². The van der Waals surface area contributed by atoms with Crippen LogP contribution in [-0.2, 0) is 0 Å². The van der Waals surface area contributed by atoms with Crippen molar-refractivity contribution < 1.29 is 19.0 Å². The van der Waals surface area contributed by atoms with Crippen LogP contribution >= 0.6 is 0 Å². The van der Waals surface area contributed by atoms with Crippen molar-refractivity contribution in [3.63, 3.8) is 0 Å². The molecule has 2 N–H and O–H groups in total. The topological polar surface area (TPSA) is 58.6 Å². The quantitative estimate of drug-likeness (QED) is 0.905. The number of hydrogen-bond donors (Lipinski definition) is 2. The molecule has 20 heavy (non-hydrogen) atoms. The predicted octanol–water partition coefficient (Wildman–Crippen LogP) is 3.10. The van der Waals surface area contributed by atoms with Gasteiger partial charge in [0, 0.05) is 0 Å². The molecule has 0 fully saturated rings. The fraction of sp³-hybridized carbons (Fsp3) is 0.133. The molecule has 0 spiro atoms. The van der Waals surface area contributed by atoms with Crippen LogP contribution < -0.4 is 10.1 Å². The highest BCUT2D eigenvalue weighted by Gasteiger charge is 2.15. The summed E-state index contributed by atoms with van der Waals surface area (Å²) in [7, 11) is 1.45. The molecule has 4 nitrogen and oxygen atoms in total. The number of hydrogen-bond acceptors (Lipinski definition) is 3. The van der Waals surface area contributed by atoms with Gasteiger partial charge in [-0.3, -0.25) is 4.79 Å². The van der Waals surface area contributed by atoms with Gasteiger partial charge in [0.1, 0.15) is 17.3 Å². The van der Waals surface area contributed by atoms with Gasteiger partial charge >= 0.3 is 0 Å². The van der Waals surface area contributed by atoms with Crippen molar-refractivity contribution in [3.05, 3.63) is 53.3 Å². The first-order valence-electron chi connectivity index (χ1n) is 5.96. The first-order chi connectivity index (χ1) is 9.52. The van der Waals surface area contributed by atoms with Gasteiger partial charge in [-0.15, -0.1) is 0 Å². The molecule has 0 heterocycles. The number of carbonyl (C=O) groups is 1. The van der Waals surface area contributed by atoms with Crippen LogP contribution in [0.1, 0.15) is 15.9 Å². The Labute approximate surface area is 115 Å². The van der Waals surface area contributed by atoms with E-state index in [0.29, 0.717) is 11.3 Å². The summed E-state index contributed by atoms with van der Waals surface area (Å²) in [6.07, 6.45) is 0. The zero-order chi connectivity index (χ0) is 14.7. The number of ether oxygens (including phenoxy) is 1. The lowest BCUT2D eigenvalue weighted by Crippen LogP contribution is -2.14. The van der Waals surface area contributed by atoms with Crippen LogP contribution in [0, 0.1) is 12.7 Å². The van der Waals surface area contributed by atoms with Crippen molar-refractivity contribution in [3.8, 4) is 11.5 Å². The van der Waals surface area contributed by atoms with Gasteiger partial charge in [0.15, 0.2) is 0 Å². The Morgan fingerprint density at radius 3 is 2.70 bits per heavy atom. The maximum absolute atomic E-state index is 13.7. The zero-order valence-electron chi connectivity index (χ0n) is 11.1. The molecule has 0 saturated heterocycles. The van der Waals surface area contributed by atoms with Crippen LogP contribution in [0.4, 0.5) is 10.1 Å². The van der Waals surface area contributed by atoms with E-state index >= 15 is 0 Å². The molecule has 0 aliphatic carbocycles. The number of anilines is 1. The summed E-state index contributed by atoms with van der Waals surface area (Å²) >= 11 is 0. The molecule has 5 heteroatoms. The van der Waals surface area contributed by atoms with Crippen LogP contribution in [0.5, 0.6) is 11.5 Å². The third-order valence-electron chi connectivity index (χ3n) is 2.91. The minimum atomic E-state index is -0.602. The second kappa shape index (κ2) is 5.61. The Hall–Kier alpha value is -2.56. The number of aromatic hydroxyl groups is 1. The Kier molecular flexibility index (Phi) is 3.89. The minimum Gasteiger partial charge on any atom is -0.507 e. The van der Waals surface area contributed by atoms with Crippen molar-refractivity contribution in [1.82, 2.24) is 0 Å². The lowest BCUT2D eigenvalue weighted by molar-refractivity contribution is 0.102. The van der Waals surface area contributed by atoms with Gasteiger partial charge < -0.3 is 15.2 Å². The summed E-state index contributed by atoms with van der Waals surface area (Å²) in [6.45, 7) is 1.68. The van der Waals surface area contributed by atoms with E-state index in [1.165, 1.54) is 31.4 Å². The predicted molar refractivity (Wildman–Crippen MR) is 73.7 cm³/mol. The number of halogens is 1. The van der Waals surface area contributed by atoms with Gasteiger partial charge in [-0.05, 0) is 36.8 Å². The Bertz CT molecular complexity index is 635. The molecular weight excluding hydrogens is 261 g/mol. The van der Waals surface area contributed by atoms with Gasteiger partial charge in [0.05, 0.1) is 18.4 Å². The molecule has 104 valence electrons. The van der Waals surface area contributed by atoms with E-state index in [9.17, 15) is 14.3 Å². The number of amides is 1. The van der Waals surface area contributed by atoms with Gasteiger partial charge in [0.2, 0.25) is 0 Å². The standard InChI is InChI=1S/C15H14FNO3/c1-9-4-3-5-12(16)14(9)17-15(19)11-8-10(20-2)6-7-13(11)18/h3-8,18H,1-2H3,(H,17,19). The molecular formula is C15H14FNO3. The summed E-state index contributed by atoms with van der Waals surface area (Å²) in [4.78, 5) is 12.1. The molecule has 2 rings (SSSR count). The van der Waals surface area contributed by atoms with Crippen LogP contribution in [-0.4, -0.2) is 18.1 Å². The van der Waals surface area contributed by atoms with E-state index in [2.05, 4.69) is 5.32 Å². The average molecular weight is 275 g/mol. The monoisotopic (exact) mass is 275 g/mol. The van der Waals surface area contributed by atoms with Crippen molar-refractivity contribution in [2.75, 3.05) is 12.4 Å². The largest absolute Gasteiger partial charge is 0.507 e. The molecule has 0 saturated carbocycles. The van der Waals surface area contributed by atoms with E-state index in [1.54, 1.807) is 19.1 Å². The van der Waals surface area contributed by atoms with Crippen LogP contribution in [0.25, 0.3) is 0 Å². The number of phenolic OH excluding ortho intramolecular Hbond substituents is 1. The Morgan fingerprint density at radius 1 is 1.30 bits per heavy atom. The van der Waals surface area contributed by atoms with Crippen LogP contribution in [0.3, 0.4) is 0 Å². The Morgan fingerprint density at radius 2 is 2.05 bits per heavy atom. The van der Waals surface area contributed by atoms with Gasteiger partial charge in [-0.25, -0.2) is 4.39 Å². The maximum atomic E-state index is 13.7. The molecule has 0 atom stereocenters. The number of phenols is 1. The number of aryl methyl sites for hydroxylation is 1. The highest BCUT2D eigenvalue weighted by Crippen LogP contribution is 2.25. The van der Waals surface area contributed by atoms with Gasteiger partial charge in [-0.2, -0.15) is 0 Å². The first kappa shape index (κ1) is 13.9. The first-order valence-corrected chi connectivity index (χ1v) is 5.96. The summed E-state index contributed by atoms with van der Waals surface area (Å²) in [5.74, 6) is -0.897. The molecule has 0 radical (unpaired) electrons. The molecule has 0 unspecified atom stereocenters. The summed E-state index contributed by atoms with van der Waals surface area (Å²) in [5.41, 5.74) is 0.715. The van der Waals surface area contributed by atoms with Crippen molar-refractivity contribution in [1.29, 1.82) is 0 Å². The number of nitrogens with one attached hydrogen (secondary N) is 1. The third-order valence-corrected chi connectivity index (χ3v) is 2.91. The number of benzene rings is 2. The van der Waals surface area contributed by atoms with E-state index in [1.807, 2.05) is 0 Å². The van der Waals surface area contributed by atoms with Gasteiger partial charge in [-0.1, -0.05) is 12.1 Å². The zero-order valence-corrected chi connectivity index (χ0v) is 11.1. The molecule has 0 bridgehead atoms. The normalized spacial score (nSPS) is 10.2. The lowest BCUT2D eigenvalue weighted by atomic mass is 10.1. The van der Waals surface area contributed by atoms with Crippen molar-refractivity contribution >= 4 is 11.6 Å². The molecule has 0 aliphatic heterocycles. The van der Waals surface area contributed by atoms with Crippen LogP contribution in [0.2, 0.25) is 0 Å². The smallest absolute Gasteiger partial charge is 0.259 e. The van der Waals surface area contributed by atoms with Crippen molar-refractivity contribution in [2.24, 2.45) is 0 Å². The minimum absolute atomic E-state index is 0.0204. The van der Waals surface area contributed by atoms with Gasteiger partial charge in [0.25, 0.3) is 5.91 Å². The number of carbonyl (C=O) groups excluding carboxylic acids is 1. The SMILES string of the molecule is COc1ccc(O)c(C(=O)Nc2c(C)cccc2F)c1. The number of para-hydroxylation sites is 1. The Balaban J connectivity index is 2.33. The number of rotatable bonds is 3. The average Bonchev–Trinajstić information content (AvgIpc) is 2.43. The fourth-order valence-corrected chi connectivity index (χ4v) is 1.80. The maximum Gasteiger partial charge on any atom is 0.259 e.